The molecule has 174 valence electrons. The van der Waals surface area contributed by atoms with Crippen molar-refractivity contribution in [2.45, 2.75) is 131 Å². The SMILES string of the molecule is CCCCCCC(C)(C)CC(CC(C)(C)C(C)N1C(=O)CCC1=O)N1CCCCC1. The van der Waals surface area contributed by atoms with Gasteiger partial charge in [0, 0.05) is 24.9 Å². The molecule has 2 heterocycles. The third-order valence-corrected chi connectivity index (χ3v) is 7.77. The molecule has 2 fully saturated rings. The fourth-order valence-electron chi connectivity index (χ4n) is 5.54. The van der Waals surface area contributed by atoms with Crippen LogP contribution < -0.4 is 0 Å². The standard InChI is InChI=1S/C26H48N2O2/c1-7-8-9-11-16-25(3,4)19-22(27-17-12-10-13-18-27)20-26(5,6)21(2)28-23(29)14-15-24(28)30/h21-22H,7-20H2,1-6H3. The average Bonchev–Trinajstić information content (AvgIpc) is 3.02. The normalized spacial score (nSPS) is 21.3. The number of hydrogen-bond donors (Lipinski definition) is 0. The summed E-state index contributed by atoms with van der Waals surface area (Å²) in [6.07, 6.45) is 13.6. The van der Waals surface area contributed by atoms with Crippen molar-refractivity contribution in [2.24, 2.45) is 10.8 Å². The van der Waals surface area contributed by atoms with Crippen LogP contribution in [0.5, 0.6) is 0 Å². The highest BCUT2D eigenvalue weighted by atomic mass is 16.2. The second-order valence-electron chi connectivity index (χ2n) is 11.5. The van der Waals surface area contributed by atoms with Crippen molar-refractivity contribution < 1.29 is 9.59 Å². The molecule has 4 nitrogen and oxygen atoms in total. The largest absolute Gasteiger partial charge is 0.300 e. The van der Waals surface area contributed by atoms with E-state index in [1.54, 1.807) is 4.90 Å². The van der Waals surface area contributed by atoms with Crippen LogP contribution in [-0.2, 0) is 9.59 Å². The number of nitrogens with zero attached hydrogens (tertiary/aromatic N) is 2. The van der Waals surface area contributed by atoms with Crippen molar-refractivity contribution >= 4 is 11.8 Å². The Morgan fingerprint density at radius 1 is 0.867 bits per heavy atom. The number of unbranched alkanes of at least 4 members (excludes halogenated alkanes) is 3. The number of carbonyl (C=O) groups is 2. The van der Waals surface area contributed by atoms with E-state index in [0.29, 0.717) is 24.3 Å². The molecule has 0 aromatic carbocycles. The second-order valence-corrected chi connectivity index (χ2v) is 11.5. The van der Waals surface area contributed by atoms with Gasteiger partial charge in [-0.05, 0) is 62.9 Å². The molecule has 0 aromatic rings. The molecule has 2 aliphatic heterocycles. The van der Waals surface area contributed by atoms with E-state index in [-0.39, 0.29) is 23.3 Å². The molecule has 2 rings (SSSR count). The van der Waals surface area contributed by atoms with Crippen molar-refractivity contribution in [3.05, 3.63) is 0 Å². The highest BCUT2D eigenvalue weighted by molar-refractivity contribution is 6.02. The Balaban J connectivity index is 2.09. The van der Waals surface area contributed by atoms with Gasteiger partial charge in [-0.3, -0.25) is 14.5 Å². The van der Waals surface area contributed by atoms with Crippen LogP contribution in [0.15, 0.2) is 0 Å². The molecule has 2 amide bonds. The summed E-state index contributed by atoms with van der Waals surface area (Å²) in [4.78, 5) is 29.0. The van der Waals surface area contributed by atoms with Crippen LogP contribution in [0, 0.1) is 10.8 Å². The van der Waals surface area contributed by atoms with Crippen LogP contribution >= 0.6 is 0 Å². The molecular formula is C26H48N2O2. The minimum Gasteiger partial charge on any atom is -0.300 e. The summed E-state index contributed by atoms with van der Waals surface area (Å²) in [7, 11) is 0. The average molecular weight is 421 g/mol. The zero-order valence-electron chi connectivity index (χ0n) is 20.8. The van der Waals surface area contributed by atoms with E-state index in [9.17, 15) is 9.59 Å². The second kappa shape index (κ2) is 11.1. The van der Waals surface area contributed by atoms with Gasteiger partial charge in [0.15, 0.2) is 0 Å². The van der Waals surface area contributed by atoms with Gasteiger partial charge < -0.3 is 4.90 Å². The smallest absolute Gasteiger partial charge is 0.229 e. The van der Waals surface area contributed by atoms with Crippen molar-refractivity contribution in [2.75, 3.05) is 13.1 Å². The van der Waals surface area contributed by atoms with Crippen molar-refractivity contribution in [3.8, 4) is 0 Å². The topological polar surface area (TPSA) is 40.6 Å². The molecule has 2 atom stereocenters. The molecule has 0 aliphatic carbocycles. The Morgan fingerprint density at radius 3 is 2.03 bits per heavy atom. The van der Waals surface area contributed by atoms with Gasteiger partial charge in [-0.2, -0.15) is 0 Å². The van der Waals surface area contributed by atoms with E-state index in [4.69, 9.17) is 0 Å². The fraction of sp³-hybridized carbons (Fsp3) is 0.923. The van der Waals surface area contributed by atoms with E-state index in [1.807, 2.05) is 0 Å². The van der Waals surface area contributed by atoms with Crippen LogP contribution in [0.1, 0.15) is 119 Å². The first-order valence-electron chi connectivity index (χ1n) is 12.7. The van der Waals surface area contributed by atoms with Crippen LogP contribution in [0.2, 0.25) is 0 Å². The van der Waals surface area contributed by atoms with Gasteiger partial charge >= 0.3 is 0 Å². The zero-order chi connectivity index (χ0) is 22.4. The van der Waals surface area contributed by atoms with Crippen LogP contribution in [0.25, 0.3) is 0 Å². The maximum atomic E-state index is 12.4. The summed E-state index contributed by atoms with van der Waals surface area (Å²) >= 11 is 0. The lowest BCUT2D eigenvalue weighted by Crippen LogP contribution is -2.50. The number of hydrogen-bond acceptors (Lipinski definition) is 3. The van der Waals surface area contributed by atoms with Crippen molar-refractivity contribution in [1.29, 1.82) is 0 Å². The fourth-order valence-corrected chi connectivity index (χ4v) is 5.54. The number of carbonyl (C=O) groups excluding carboxylic acids is 2. The third kappa shape index (κ3) is 7.07. The summed E-state index contributed by atoms with van der Waals surface area (Å²) in [6.45, 7) is 16.2. The minimum atomic E-state index is -0.0872. The molecule has 0 bridgehead atoms. The molecule has 4 heteroatoms. The summed E-state index contributed by atoms with van der Waals surface area (Å²) in [5, 5.41) is 0. The van der Waals surface area contributed by atoms with E-state index in [2.05, 4.69) is 46.4 Å². The number of rotatable bonds is 12. The molecular weight excluding hydrogens is 372 g/mol. The quantitative estimate of drug-likeness (QED) is 0.279. The first-order valence-corrected chi connectivity index (χ1v) is 12.7. The summed E-state index contributed by atoms with van der Waals surface area (Å²) in [5.41, 5.74) is 0.241. The van der Waals surface area contributed by atoms with Gasteiger partial charge in [-0.25, -0.2) is 0 Å². The lowest BCUT2D eigenvalue weighted by molar-refractivity contribution is -0.144. The van der Waals surface area contributed by atoms with Gasteiger partial charge in [0.1, 0.15) is 0 Å². The van der Waals surface area contributed by atoms with Gasteiger partial charge in [0.05, 0.1) is 0 Å². The van der Waals surface area contributed by atoms with E-state index in [1.165, 1.54) is 70.9 Å². The Hall–Kier alpha value is -0.900. The van der Waals surface area contributed by atoms with Crippen LogP contribution in [-0.4, -0.2) is 46.8 Å². The Kier molecular flexibility index (Phi) is 9.39. The lowest BCUT2D eigenvalue weighted by Gasteiger charge is -2.45. The van der Waals surface area contributed by atoms with E-state index >= 15 is 0 Å². The maximum Gasteiger partial charge on any atom is 0.229 e. The number of likely N-dealkylation sites (tertiary alicyclic amines) is 2. The highest BCUT2D eigenvalue weighted by Gasteiger charge is 2.42. The van der Waals surface area contributed by atoms with Crippen molar-refractivity contribution in [3.63, 3.8) is 0 Å². The third-order valence-electron chi connectivity index (χ3n) is 7.77. The van der Waals surface area contributed by atoms with Crippen molar-refractivity contribution in [1.82, 2.24) is 9.80 Å². The number of amides is 2. The first kappa shape index (κ1) is 25.4. The molecule has 2 saturated heterocycles. The number of imide groups is 1. The first-order chi connectivity index (χ1) is 14.1. The monoisotopic (exact) mass is 420 g/mol. The molecule has 0 saturated carbocycles. The molecule has 0 radical (unpaired) electrons. The van der Waals surface area contributed by atoms with Gasteiger partial charge in [0.25, 0.3) is 0 Å². The predicted molar refractivity (Wildman–Crippen MR) is 125 cm³/mol. The predicted octanol–water partition coefficient (Wildman–Crippen LogP) is 6.18. The maximum absolute atomic E-state index is 12.4. The summed E-state index contributed by atoms with van der Waals surface area (Å²) < 4.78 is 0. The minimum absolute atomic E-state index is 0.0198. The molecule has 0 N–H and O–H groups in total. The molecule has 2 unspecified atom stereocenters. The Bertz CT molecular complexity index is 547. The van der Waals surface area contributed by atoms with Crippen LogP contribution in [0.3, 0.4) is 0 Å². The van der Waals surface area contributed by atoms with Gasteiger partial charge in [0.2, 0.25) is 11.8 Å². The lowest BCUT2D eigenvalue weighted by atomic mass is 9.73. The Labute approximate surface area is 186 Å². The number of piperidine rings is 1. The van der Waals surface area contributed by atoms with E-state index < -0.39 is 0 Å². The van der Waals surface area contributed by atoms with Gasteiger partial charge in [-0.1, -0.05) is 66.7 Å². The molecule has 0 spiro atoms. The summed E-state index contributed by atoms with van der Waals surface area (Å²) in [5.74, 6) is 0.0395. The molecule has 2 aliphatic rings. The van der Waals surface area contributed by atoms with Gasteiger partial charge in [-0.15, -0.1) is 0 Å². The molecule has 30 heavy (non-hydrogen) atoms. The highest BCUT2D eigenvalue weighted by Crippen LogP contribution is 2.39. The Morgan fingerprint density at radius 2 is 1.47 bits per heavy atom. The summed E-state index contributed by atoms with van der Waals surface area (Å²) in [6, 6.07) is 0.483. The van der Waals surface area contributed by atoms with Crippen LogP contribution in [0.4, 0.5) is 0 Å². The van der Waals surface area contributed by atoms with E-state index in [0.717, 1.165) is 6.42 Å². The zero-order valence-corrected chi connectivity index (χ0v) is 20.8. The molecule has 0 aromatic heterocycles.